The van der Waals surface area contributed by atoms with Gasteiger partial charge in [-0.15, -0.1) is 0 Å². The van der Waals surface area contributed by atoms with Crippen LogP contribution in [0.2, 0.25) is 0 Å². The molecule has 0 aliphatic rings. The maximum atomic E-state index is 8.92. The van der Waals surface area contributed by atoms with E-state index < -0.39 is 0 Å². The van der Waals surface area contributed by atoms with E-state index in [1.54, 1.807) is 12.4 Å². The maximum absolute atomic E-state index is 8.92. The molecule has 0 bridgehead atoms. The summed E-state index contributed by atoms with van der Waals surface area (Å²) in [6, 6.07) is 8.17. The number of nitrogens with zero attached hydrogens (tertiary/aromatic N) is 2. The first kappa shape index (κ1) is 13.5. The lowest BCUT2D eigenvalue weighted by atomic mass is 9.87. The molecule has 4 nitrogen and oxygen atoms in total. The number of hydrogen-bond donors (Lipinski definition) is 1. The van der Waals surface area contributed by atoms with Crippen LogP contribution in [0.5, 0.6) is 11.8 Å². The van der Waals surface area contributed by atoms with Crippen molar-refractivity contribution in [3.8, 4) is 11.8 Å². The van der Waals surface area contributed by atoms with E-state index in [0.29, 0.717) is 11.3 Å². The zero-order valence-electron chi connectivity index (χ0n) is 11.4. The molecule has 0 radical (unpaired) electrons. The Labute approximate surface area is 113 Å². The second-order valence-corrected chi connectivity index (χ2v) is 5.41. The smallest absolute Gasteiger partial charge is 0.321 e. The highest BCUT2D eigenvalue weighted by Gasteiger charge is 2.14. The predicted octanol–water partition coefficient (Wildman–Crippen LogP) is 3.06. The summed E-state index contributed by atoms with van der Waals surface area (Å²) in [6.07, 6.45) is 3.10. The average Bonchev–Trinajstić information content (AvgIpc) is 2.39. The summed E-state index contributed by atoms with van der Waals surface area (Å²) < 4.78 is 5.61. The highest BCUT2D eigenvalue weighted by Crippen LogP contribution is 2.27. The Balaban J connectivity index is 2.18. The summed E-state index contributed by atoms with van der Waals surface area (Å²) in [5.74, 6) is 0.712. The fraction of sp³-hybridized carbons (Fsp3) is 0.333. The summed E-state index contributed by atoms with van der Waals surface area (Å²) in [5, 5.41) is 8.92. The number of rotatable bonds is 3. The second kappa shape index (κ2) is 5.36. The summed E-state index contributed by atoms with van der Waals surface area (Å²) in [5.41, 5.74) is 1.92. The largest absolute Gasteiger partial charge is 0.424 e. The van der Waals surface area contributed by atoms with Gasteiger partial charge in [0.05, 0.1) is 6.61 Å². The van der Waals surface area contributed by atoms with Gasteiger partial charge in [-0.1, -0.05) is 32.9 Å². The van der Waals surface area contributed by atoms with Crippen LogP contribution in [0.4, 0.5) is 0 Å². The van der Waals surface area contributed by atoms with Crippen LogP contribution in [0, 0.1) is 0 Å². The van der Waals surface area contributed by atoms with Crippen molar-refractivity contribution in [1.82, 2.24) is 9.97 Å². The van der Waals surface area contributed by atoms with Crippen molar-refractivity contribution in [3.63, 3.8) is 0 Å². The molecular formula is C15H18N2O2. The number of ether oxygens (including phenoxy) is 1. The third-order valence-corrected chi connectivity index (χ3v) is 2.77. The number of aliphatic hydroxyl groups is 1. The predicted molar refractivity (Wildman–Crippen MR) is 73.2 cm³/mol. The van der Waals surface area contributed by atoms with Gasteiger partial charge >= 0.3 is 6.01 Å². The number of benzene rings is 1. The number of hydrogen-bond acceptors (Lipinski definition) is 4. The van der Waals surface area contributed by atoms with E-state index in [9.17, 15) is 0 Å². The van der Waals surface area contributed by atoms with Gasteiger partial charge in [0.2, 0.25) is 0 Å². The Hall–Kier alpha value is -1.94. The van der Waals surface area contributed by atoms with E-state index >= 15 is 0 Å². The molecule has 19 heavy (non-hydrogen) atoms. The van der Waals surface area contributed by atoms with E-state index in [2.05, 4.69) is 36.8 Å². The Morgan fingerprint density at radius 3 is 2.42 bits per heavy atom. The fourth-order valence-electron chi connectivity index (χ4n) is 1.61. The van der Waals surface area contributed by atoms with Gasteiger partial charge < -0.3 is 9.84 Å². The lowest BCUT2D eigenvalue weighted by molar-refractivity contribution is 0.280. The monoisotopic (exact) mass is 258 g/mol. The minimum absolute atomic E-state index is 0.0697. The molecule has 0 fully saturated rings. The van der Waals surface area contributed by atoms with Crippen LogP contribution >= 0.6 is 0 Å². The molecule has 4 heteroatoms. The third-order valence-electron chi connectivity index (χ3n) is 2.77. The van der Waals surface area contributed by atoms with Crippen molar-refractivity contribution in [3.05, 3.63) is 47.8 Å². The molecule has 1 heterocycles. The molecule has 0 aliphatic carbocycles. The van der Waals surface area contributed by atoms with Crippen LogP contribution in [0.15, 0.2) is 36.7 Å². The minimum atomic E-state index is -0.0697. The third kappa shape index (κ3) is 3.51. The van der Waals surface area contributed by atoms with Gasteiger partial charge in [-0.25, -0.2) is 9.97 Å². The van der Waals surface area contributed by atoms with E-state index in [4.69, 9.17) is 9.84 Å². The molecule has 0 saturated carbocycles. The zero-order valence-corrected chi connectivity index (χ0v) is 11.4. The van der Waals surface area contributed by atoms with Crippen molar-refractivity contribution < 1.29 is 9.84 Å². The molecule has 1 aromatic carbocycles. The lowest BCUT2D eigenvalue weighted by Gasteiger charge is -2.19. The SMILES string of the molecule is CC(C)(C)c1cccc(Oc2ncc(CO)cn2)c1. The Kier molecular flexibility index (Phi) is 3.81. The summed E-state index contributed by atoms with van der Waals surface area (Å²) in [6.45, 7) is 6.38. The van der Waals surface area contributed by atoms with Crippen LogP contribution in [0.3, 0.4) is 0 Å². The van der Waals surface area contributed by atoms with Crippen LogP contribution in [-0.2, 0) is 12.0 Å². The zero-order chi connectivity index (χ0) is 13.9. The van der Waals surface area contributed by atoms with Gasteiger partial charge in [0.1, 0.15) is 5.75 Å². The van der Waals surface area contributed by atoms with Gasteiger partial charge in [0.25, 0.3) is 0 Å². The molecule has 0 unspecified atom stereocenters. The van der Waals surface area contributed by atoms with Crippen molar-refractivity contribution in [1.29, 1.82) is 0 Å². The molecule has 100 valence electrons. The van der Waals surface area contributed by atoms with E-state index in [1.807, 2.05) is 18.2 Å². The number of aromatic nitrogens is 2. The maximum Gasteiger partial charge on any atom is 0.321 e. The van der Waals surface area contributed by atoms with Crippen molar-refractivity contribution in [2.75, 3.05) is 0 Å². The minimum Gasteiger partial charge on any atom is -0.424 e. The average molecular weight is 258 g/mol. The highest BCUT2D eigenvalue weighted by molar-refractivity contribution is 5.34. The summed E-state index contributed by atoms with van der Waals surface area (Å²) >= 11 is 0. The summed E-state index contributed by atoms with van der Waals surface area (Å²) in [7, 11) is 0. The fourth-order valence-corrected chi connectivity index (χ4v) is 1.61. The van der Waals surface area contributed by atoms with Gasteiger partial charge in [-0.2, -0.15) is 0 Å². The van der Waals surface area contributed by atoms with Gasteiger partial charge in [-0.3, -0.25) is 0 Å². The van der Waals surface area contributed by atoms with Crippen LogP contribution < -0.4 is 4.74 Å². The molecule has 0 saturated heterocycles. The molecule has 2 aromatic rings. The Bertz CT molecular complexity index is 545. The quantitative estimate of drug-likeness (QED) is 0.919. The molecule has 0 atom stereocenters. The van der Waals surface area contributed by atoms with Crippen molar-refractivity contribution in [2.45, 2.75) is 32.8 Å². The lowest BCUT2D eigenvalue weighted by Crippen LogP contribution is -2.10. The molecule has 1 N–H and O–H groups in total. The molecule has 1 aromatic heterocycles. The van der Waals surface area contributed by atoms with E-state index in [-0.39, 0.29) is 18.0 Å². The first-order valence-electron chi connectivity index (χ1n) is 6.19. The topological polar surface area (TPSA) is 55.2 Å². The Morgan fingerprint density at radius 2 is 1.84 bits per heavy atom. The van der Waals surface area contributed by atoms with Gasteiger partial charge in [0.15, 0.2) is 0 Å². The first-order chi connectivity index (χ1) is 8.99. The highest BCUT2D eigenvalue weighted by atomic mass is 16.5. The Morgan fingerprint density at radius 1 is 1.16 bits per heavy atom. The summed E-state index contributed by atoms with van der Waals surface area (Å²) in [4.78, 5) is 8.09. The second-order valence-electron chi connectivity index (χ2n) is 5.41. The molecule has 2 rings (SSSR count). The molecule has 0 amide bonds. The van der Waals surface area contributed by atoms with Crippen molar-refractivity contribution in [2.24, 2.45) is 0 Å². The van der Waals surface area contributed by atoms with Crippen LogP contribution in [0.25, 0.3) is 0 Å². The van der Waals surface area contributed by atoms with Crippen LogP contribution in [0.1, 0.15) is 31.9 Å². The molecule has 0 spiro atoms. The van der Waals surface area contributed by atoms with E-state index in [0.717, 1.165) is 0 Å². The first-order valence-corrected chi connectivity index (χ1v) is 6.19. The van der Waals surface area contributed by atoms with Gasteiger partial charge in [-0.05, 0) is 23.1 Å². The van der Waals surface area contributed by atoms with Crippen molar-refractivity contribution >= 4 is 0 Å². The normalized spacial score (nSPS) is 11.4. The van der Waals surface area contributed by atoms with E-state index in [1.165, 1.54) is 5.56 Å². The molecule has 0 aliphatic heterocycles. The standard InChI is InChI=1S/C15H18N2O2/c1-15(2,3)12-5-4-6-13(7-12)19-14-16-8-11(10-18)9-17-14/h4-9,18H,10H2,1-3H3. The van der Waals surface area contributed by atoms with Gasteiger partial charge in [0, 0.05) is 18.0 Å². The molecular weight excluding hydrogens is 240 g/mol. The number of aliphatic hydroxyl groups excluding tert-OH is 1. The van der Waals surface area contributed by atoms with Crippen LogP contribution in [-0.4, -0.2) is 15.1 Å².